The minimum Gasteiger partial charge on any atom is -0.466 e. The van der Waals surface area contributed by atoms with Crippen molar-refractivity contribution in [1.29, 1.82) is 0 Å². The number of methoxy groups -OCH3 is 1. The number of hydrogen-bond acceptors (Lipinski definition) is 3. The summed E-state index contributed by atoms with van der Waals surface area (Å²) in [4.78, 5) is 11.1. The zero-order valence-corrected chi connectivity index (χ0v) is 13.3. The molecule has 20 heavy (non-hydrogen) atoms. The predicted octanol–water partition coefficient (Wildman–Crippen LogP) is 4.18. The third-order valence-corrected chi connectivity index (χ3v) is 3.81. The third-order valence-electron chi connectivity index (χ3n) is 3.81. The Labute approximate surface area is 123 Å². The molecular formula is C17H28O3. The van der Waals surface area contributed by atoms with Crippen molar-refractivity contribution in [2.45, 2.75) is 71.5 Å². The van der Waals surface area contributed by atoms with Gasteiger partial charge in [0.05, 0.1) is 19.3 Å². The summed E-state index contributed by atoms with van der Waals surface area (Å²) >= 11 is 0. The van der Waals surface area contributed by atoms with Gasteiger partial charge < -0.3 is 9.47 Å². The van der Waals surface area contributed by atoms with E-state index in [2.05, 4.69) is 24.7 Å². The fourth-order valence-corrected chi connectivity index (χ4v) is 2.32. The first-order chi connectivity index (χ1) is 9.56. The molecule has 1 aliphatic rings. The first-order valence-corrected chi connectivity index (χ1v) is 7.65. The fraction of sp³-hybridized carbons (Fsp3) is 0.706. The van der Waals surface area contributed by atoms with Crippen molar-refractivity contribution in [3.05, 3.63) is 23.3 Å². The fourth-order valence-electron chi connectivity index (χ4n) is 2.32. The average molecular weight is 280 g/mol. The summed E-state index contributed by atoms with van der Waals surface area (Å²) in [7, 11) is 1.41. The van der Waals surface area contributed by atoms with Crippen LogP contribution in [0.3, 0.4) is 0 Å². The highest BCUT2D eigenvalue weighted by atomic mass is 16.6. The lowest BCUT2D eigenvalue weighted by atomic mass is 10.0. The molecule has 1 saturated heterocycles. The average Bonchev–Trinajstić information content (AvgIpc) is 3.12. The van der Waals surface area contributed by atoms with Crippen LogP contribution in [0.1, 0.15) is 59.3 Å². The molecule has 0 N–H and O–H groups in total. The maximum atomic E-state index is 11.1. The first-order valence-electron chi connectivity index (χ1n) is 7.65. The SMILES string of the molecule is CC/C(=C\CC/C(C)=C/C(=O)OC)CCCC1OC1C. The highest BCUT2D eigenvalue weighted by Crippen LogP contribution is 2.27. The lowest BCUT2D eigenvalue weighted by molar-refractivity contribution is -0.134. The summed E-state index contributed by atoms with van der Waals surface area (Å²) in [5, 5.41) is 0. The van der Waals surface area contributed by atoms with Gasteiger partial charge in [0.25, 0.3) is 0 Å². The van der Waals surface area contributed by atoms with Crippen LogP contribution in [0.25, 0.3) is 0 Å². The van der Waals surface area contributed by atoms with Gasteiger partial charge in [-0.05, 0) is 52.4 Å². The molecule has 3 nitrogen and oxygen atoms in total. The topological polar surface area (TPSA) is 38.8 Å². The van der Waals surface area contributed by atoms with Gasteiger partial charge in [-0.25, -0.2) is 4.79 Å². The van der Waals surface area contributed by atoms with Crippen LogP contribution in [0, 0.1) is 0 Å². The van der Waals surface area contributed by atoms with Gasteiger partial charge in [0.2, 0.25) is 0 Å². The number of ether oxygens (including phenoxy) is 2. The van der Waals surface area contributed by atoms with E-state index in [1.807, 2.05) is 6.92 Å². The van der Waals surface area contributed by atoms with Crippen LogP contribution in [0.2, 0.25) is 0 Å². The van der Waals surface area contributed by atoms with E-state index in [-0.39, 0.29) is 5.97 Å². The molecule has 2 atom stereocenters. The Kier molecular flexibility index (Phi) is 7.60. The van der Waals surface area contributed by atoms with Crippen LogP contribution in [-0.2, 0) is 14.3 Å². The molecule has 0 aliphatic carbocycles. The van der Waals surface area contributed by atoms with E-state index in [4.69, 9.17) is 4.74 Å². The standard InChI is InChI=1S/C17H28O3/c1-5-15(10-7-11-16-14(3)20-16)9-6-8-13(2)12-17(18)19-4/h9,12,14,16H,5-8,10-11H2,1-4H3/b13-12+,15-9+. The number of epoxide rings is 1. The maximum absolute atomic E-state index is 11.1. The molecule has 0 saturated carbocycles. The molecule has 0 aromatic rings. The molecule has 0 amide bonds. The molecule has 1 rings (SSSR count). The van der Waals surface area contributed by atoms with Crippen LogP contribution in [0.5, 0.6) is 0 Å². The van der Waals surface area contributed by atoms with E-state index < -0.39 is 0 Å². The first kappa shape index (κ1) is 17.0. The number of rotatable bonds is 9. The molecule has 114 valence electrons. The Bertz CT molecular complexity index is 368. The van der Waals surface area contributed by atoms with Crippen LogP contribution >= 0.6 is 0 Å². The quantitative estimate of drug-likeness (QED) is 0.275. The molecule has 0 aromatic heterocycles. The molecule has 1 heterocycles. The minimum absolute atomic E-state index is 0.263. The van der Waals surface area contributed by atoms with Crippen molar-refractivity contribution >= 4 is 5.97 Å². The van der Waals surface area contributed by atoms with Crippen LogP contribution < -0.4 is 0 Å². The van der Waals surface area contributed by atoms with Gasteiger partial charge in [-0.3, -0.25) is 0 Å². The highest BCUT2D eigenvalue weighted by molar-refractivity contribution is 5.82. The van der Waals surface area contributed by atoms with Crippen LogP contribution in [0.4, 0.5) is 0 Å². The predicted molar refractivity (Wildman–Crippen MR) is 81.6 cm³/mol. The van der Waals surface area contributed by atoms with Gasteiger partial charge in [-0.15, -0.1) is 0 Å². The zero-order valence-electron chi connectivity index (χ0n) is 13.3. The molecule has 3 heteroatoms. The molecule has 0 aromatic carbocycles. The smallest absolute Gasteiger partial charge is 0.330 e. The number of allylic oxidation sites excluding steroid dienone is 3. The minimum atomic E-state index is -0.263. The second kappa shape index (κ2) is 8.96. The number of carbonyl (C=O) groups excluding carboxylic acids is 1. The van der Waals surface area contributed by atoms with Crippen molar-refractivity contribution in [3.63, 3.8) is 0 Å². The van der Waals surface area contributed by atoms with E-state index in [1.54, 1.807) is 6.08 Å². The van der Waals surface area contributed by atoms with Crippen LogP contribution in [-0.4, -0.2) is 25.3 Å². The molecule has 2 unspecified atom stereocenters. The number of esters is 1. The Morgan fingerprint density at radius 1 is 1.35 bits per heavy atom. The Balaban J connectivity index is 2.22. The monoisotopic (exact) mass is 280 g/mol. The zero-order chi connectivity index (χ0) is 15.0. The second-order valence-corrected chi connectivity index (χ2v) is 5.54. The van der Waals surface area contributed by atoms with Gasteiger partial charge in [-0.2, -0.15) is 0 Å². The molecule has 0 bridgehead atoms. The summed E-state index contributed by atoms with van der Waals surface area (Å²) in [6.07, 6.45) is 11.5. The summed E-state index contributed by atoms with van der Waals surface area (Å²) in [6, 6.07) is 0. The van der Waals surface area contributed by atoms with E-state index >= 15 is 0 Å². The second-order valence-electron chi connectivity index (χ2n) is 5.54. The van der Waals surface area contributed by atoms with E-state index in [1.165, 1.54) is 31.9 Å². The number of carbonyl (C=O) groups is 1. The third kappa shape index (κ3) is 6.90. The molecule has 0 spiro atoms. The van der Waals surface area contributed by atoms with Crippen molar-refractivity contribution in [3.8, 4) is 0 Å². The molecule has 0 radical (unpaired) electrons. The van der Waals surface area contributed by atoms with Gasteiger partial charge in [0, 0.05) is 6.08 Å². The maximum Gasteiger partial charge on any atom is 0.330 e. The van der Waals surface area contributed by atoms with Crippen molar-refractivity contribution in [2.75, 3.05) is 7.11 Å². The van der Waals surface area contributed by atoms with E-state index in [9.17, 15) is 4.79 Å². The van der Waals surface area contributed by atoms with E-state index in [0.717, 1.165) is 24.8 Å². The highest BCUT2D eigenvalue weighted by Gasteiger charge is 2.32. The van der Waals surface area contributed by atoms with E-state index in [0.29, 0.717) is 12.2 Å². The van der Waals surface area contributed by atoms with Crippen LogP contribution in [0.15, 0.2) is 23.3 Å². The summed E-state index contributed by atoms with van der Waals surface area (Å²) in [5.41, 5.74) is 2.59. The molecule has 1 aliphatic heterocycles. The Hall–Kier alpha value is -1.09. The largest absolute Gasteiger partial charge is 0.466 e. The summed E-state index contributed by atoms with van der Waals surface area (Å²) < 4.78 is 10.0. The normalized spacial score (nSPS) is 22.8. The lowest BCUT2D eigenvalue weighted by Crippen LogP contribution is -1.96. The van der Waals surface area contributed by atoms with Gasteiger partial charge >= 0.3 is 5.97 Å². The summed E-state index contributed by atoms with van der Waals surface area (Å²) in [6.45, 7) is 6.32. The Morgan fingerprint density at radius 2 is 2.05 bits per heavy atom. The Morgan fingerprint density at radius 3 is 2.60 bits per heavy atom. The number of hydrogen-bond donors (Lipinski definition) is 0. The van der Waals surface area contributed by atoms with Gasteiger partial charge in [-0.1, -0.05) is 24.1 Å². The van der Waals surface area contributed by atoms with Gasteiger partial charge in [0.15, 0.2) is 0 Å². The molecule has 1 fully saturated rings. The lowest BCUT2D eigenvalue weighted by Gasteiger charge is -2.05. The van der Waals surface area contributed by atoms with Gasteiger partial charge in [0.1, 0.15) is 0 Å². The van der Waals surface area contributed by atoms with Crippen molar-refractivity contribution < 1.29 is 14.3 Å². The van der Waals surface area contributed by atoms with Crippen molar-refractivity contribution in [2.24, 2.45) is 0 Å². The summed E-state index contributed by atoms with van der Waals surface area (Å²) in [5.74, 6) is -0.263. The van der Waals surface area contributed by atoms with Crippen molar-refractivity contribution in [1.82, 2.24) is 0 Å². The molecular weight excluding hydrogens is 252 g/mol.